The summed E-state index contributed by atoms with van der Waals surface area (Å²) in [5.74, 6) is -1.31. The Morgan fingerprint density at radius 2 is 1.59 bits per heavy atom. The van der Waals surface area contributed by atoms with Crippen molar-refractivity contribution >= 4 is 11.9 Å². The number of carbonyl (C=O) groups excluding carboxylic acids is 2. The zero-order valence-corrected chi connectivity index (χ0v) is 16.7. The number of hydrogen-bond acceptors (Lipinski definition) is 7. The summed E-state index contributed by atoms with van der Waals surface area (Å²) in [5, 5.41) is 32.6. The lowest BCUT2D eigenvalue weighted by Crippen LogP contribution is -2.76. The minimum atomic E-state index is -1.25. The lowest BCUT2D eigenvalue weighted by molar-refractivity contribution is -0.325. The van der Waals surface area contributed by atoms with Crippen molar-refractivity contribution in [3.8, 4) is 0 Å². The van der Waals surface area contributed by atoms with Crippen LogP contribution in [-0.2, 0) is 19.1 Å². The van der Waals surface area contributed by atoms with Crippen molar-refractivity contribution in [2.45, 2.75) is 95.0 Å². The fraction of sp³-hybridized carbons (Fsp3) is 0.900. The summed E-state index contributed by atoms with van der Waals surface area (Å²) in [4.78, 5) is 24.4. The van der Waals surface area contributed by atoms with Crippen LogP contribution in [0.15, 0.2) is 0 Å². The van der Waals surface area contributed by atoms with E-state index >= 15 is 0 Å². The molecular weight excluding hydrogens is 352 g/mol. The van der Waals surface area contributed by atoms with E-state index in [9.17, 15) is 24.9 Å². The van der Waals surface area contributed by atoms with E-state index in [0.29, 0.717) is 6.42 Å². The van der Waals surface area contributed by atoms with E-state index in [4.69, 9.17) is 9.47 Å². The molecule has 0 aromatic rings. The van der Waals surface area contributed by atoms with Crippen LogP contribution in [0.2, 0.25) is 0 Å². The molecule has 4 rings (SSSR count). The molecule has 0 aromatic carbocycles. The van der Waals surface area contributed by atoms with Crippen LogP contribution in [0.1, 0.15) is 72.6 Å². The summed E-state index contributed by atoms with van der Waals surface area (Å²) < 4.78 is 10.9. The lowest BCUT2D eigenvalue weighted by Gasteiger charge is -2.67. The maximum atomic E-state index is 12.4. The van der Waals surface area contributed by atoms with Gasteiger partial charge in [0, 0.05) is 38.0 Å². The minimum absolute atomic E-state index is 0.0790. The molecule has 4 aliphatic carbocycles. The van der Waals surface area contributed by atoms with Crippen molar-refractivity contribution in [3.63, 3.8) is 0 Å². The summed E-state index contributed by atoms with van der Waals surface area (Å²) in [7, 11) is 0. The first-order valence-electron chi connectivity index (χ1n) is 9.83. The summed E-state index contributed by atoms with van der Waals surface area (Å²) in [6.07, 6.45) is 1.51. The molecule has 7 nitrogen and oxygen atoms in total. The predicted molar refractivity (Wildman–Crippen MR) is 95.6 cm³/mol. The first-order chi connectivity index (χ1) is 12.3. The van der Waals surface area contributed by atoms with Crippen LogP contribution in [0.5, 0.6) is 0 Å². The molecule has 0 saturated heterocycles. The Morgan fingerprint density at radius 1 is 1.04 bits per heavy atom. The third-order valence-corrected chi connectivity index (χ3v) is 7.07. The first-order valence-corrected chi connectivity index (χ1v) is 9.83. The van der Waals surface area contributed by atoms with E-state index in [2.05, 4.69) is 0 Å². The van der Waals surface area contributed by atoms with Gasteiger partial charge in [-0.1, -0.05) is 13.8 Å². The van der Waals surface area contributed by atoms with Crippen LogP contribution in [0.25, 0.3) is 0 Å². The van der Waals surface area contributed by atoms with Gasteiger partial charge in [0.15, 0.2) is 0 Å². The number of hydrogen-bond donors (Lipinski definition) is 3. The van der Waals surface area contributed by atoms with Crippen molar-refractivity contribution in [1.82, 2.24) is 0 Å². The van der Waals surface area contributed by atoms with Gasteiger partial charge in [-0.3, -0.25) is 9.59 Å². The molecule has 0 spiro atoms. The smallest absolute Gasteiger partial charge is 0.311 e. The van der Waals surface area contributed by atoms with Gasteiger partial charge in [0.2, 0.25) is 0 Å². The number of aliphatic hydroxyl groups is 3. The lowest BCUT2D eigenvalue weighted by atomic mass is 9.45. The maximum absolute atomic E-state index is 12.4. The maximum Gasteiger partial charge on any atom is 0.311 e. The summed E-state index contributed by atoms with van der Waals surface area (Å²) >= 11 is 0. The van der Waals surface area contributed by atoms with Crippen LogP contribution in [0.4, 0.5) is 0 Å². The monoisotopic (exact) mass is 384 g/mol. The van der Waals surface area contributed by atoms with Crippen LogP contribution < -0.4 is 0 Å². The Bertz CT molecular complexity index is 622. The second-order valence-corrected chi connectivity index (χ2v) is 9.82. The van der Waals surface area contributed by atoms with Crippen LogP contribution >= 0.6 is 0 Å². The average Bonchev–Trinajstić information content (AvgIpc) is 2.49. The van der Waals surface area contributed by atoms with Crippen LogP contribution in [0.3, 0.4) is 0 Å². The van der Waals surface area contributed by atoms with E-state index in [0.717, 1.165) is 0 Å². The van der Waals surface area contributed by atoms with Crippen molar-refractivity contribution in [2.24, 2.45) is 11.3 Å². The second kappa shape index (κ2) is 6.16. The predicted octanol–water partition coefficient (Wildman–Crippen LogP) is 1.46. The average molecular weight is 384 g/mol. The third-order valence-electron chi connectivity index (χ3n) is 7.07. The molecule has 0 heterocycles. The number of carbonyl (C=O) groups is 2. The van der Waals surface area contributed by atoms with Crippen molar-refractivity contribution in [1.29, 1.82) is 0 Å². The van der Waals surface area contributed by atoms with Gasteiger partial charge in [0.25, 0.3) is 0 Å². The number of ether oxygens (including phenoxy) is 2. The summed E-state index contributed by atoms with van der Waals surface area (Å²) in [5.41, 5.74) is -5.42. The Labute approximate surface area is 160 Å². The molecular formula is C20H32O7. The molecule has 4 fully saturated rings. The quantitative estimate of drug-likeness (QED) is 0.594. The Balaban J connectivity index is 1.65. The Hall–Kier alpha value is -1.18. The zero-order valence-electron chi connectivity index (χ0n) is 16.7. The molecule has 3 N–H and O–H groups in total. The van der Waals surface area contributed by atoms with Gasteiger partial charge in [0.1, 0.15) is 12.2 Å². The molecule has 0 aromatic heterocycles. The molecule has 4 bridgehead atoms. The molecule has 0 radical (unpaired) electrons. The largest absolute Gasteiger partial charge is 0.465 e. The number of rotatable bonds is 6. The van der Waals surface area contributed by atoms with E-state index < -0.39 is 39.7 Å². The van der Waals surface area contributed by atoms with Crippen LogP contribution in [0, 0.1) is 11.3 Å². The minimum Gasteiger partial charge on any atom is -0.465 e. The third kappa shape index (κ3) is 3.49. The molecule has 4 aliphatic rings. The topological polar surface area (TPSA) is 113 Å². The Morgan fingerprint density at radius 3 is 2.11 bits per heavy atom. The van der Waals surface area contributed by atoms with Crippen molar-refractivity contribution in [3.05, 3.63) is 0 Å². The van der Waals surface area contributed by atoms with Crippen LogP contribution in [-0.4, -0.2) is 56.3 Å². The fourth-order valence-electron chi connectivity index (χ4n) is 5.47. The number of esters is 2. The van der Waals surface area contributed by atoms with Gasteiger partial charge in [0.05, 0.1) is 28.6 Å². The van der Waals surface area contributed by atoms with Gasteiger partial charge >= 0.3 is 11.9 Å². The SMILES string of the molecule is CCC(C)(C)C(=O)OCCC(=O)OC12CC3(O)CC(O)(CC(O)(C3)C1C)C2. The van der Waals surface area contributed by atoms with Gasteiger partial charge in [-0.05, 0) is 20.3 Å². The van der Waals surface area contributed by atoms with Gasteiger partial charge < -0.3 is 24.8 Å². The Kier molecular flexibility index (Phi) is 4.69. The highest BCUT2D eigenvalue weighted by molar-refractivity contribution is 5.76. The highest BCUT2D eigenvalue weighted by Crippen LogP contribution is 2.64. The van der Waals surface area contributed by atoms with E-state index in [1.807, 2.05) is 13.8 Å². The van der Waals surface area contributed by atoms with Gasteiger partial charge in [-0.15, -0.1) is 0 Å². The van der Waals surface area contributed by atoms with E-state index in [1.54, 1.807) is 13.8 Å². The summed E-state index contributed by atoms with van der Waals surface area (Å²) in [6, 6.07) is 0. The molecule has 3 unspecified atom stereocenters. The zero-order chi connectivity index (χ0) is 20.3. The van der Waals surface area contributed by atoms with Crippen molar-refractivity contribution < 1.29 is 34.4 Å². The molecule has 7 heteroatoms. The van der Waals surface area contributed by atoms with Crippen molar-refractivity contribution in [2.75, 3.05) is 6.61 Å². The molecule has 27 heavy (non-hydrogen) atoms. The first kappa shape index (κ1) is 20.6. The molecule has 0 aliphatic heterocycles. The standard InChI is InChI=1S/C20H32O7/c1-5-16(3,4)15(22)26-7-6-14(21)27-20-11-17(23)8-18(24,12-20)10-19(25,9-17)13(20)2/h13,23-25H,5-12H2,1-4H3. The second-order valence-electron chi connectivity index (χ2n) is 9.82. The highest BCUT2D eigenvalue weighted by Gasteiger charge is 2.72. The molecule has 0 amide bonds. The van der Waals surface area contributed by atoms with Gasteiger partial charge in [-0.2, -0.15) is 0 Å². The van der Waals surface area contributed by atoms with E-state index in [1.165, 1.54) is 0 Å². The highest BCUT2D eigenvalue weighted by atomic mass is 16.6. The fourth-order valence-corrected chi connectivity index (χ4v) is 5.47. The molecule has 154 valence electrons. The van der Waals surface area contributed by atoms with Gasteiger partial charge in [-0.25, -0.2) is 0 Å². The molecule has 3 atom stereocenters. The normalized spacial score (nSPS) is 42.9. The summed E-state index contributed by atoms with van der Waals surface area (Å²) in [6.45, 7) is 7.19. The van der Waals surface area contributed by atoms with E-state index in [-0.39, 0.29) is 51.1 Å². The molecule has 4 saturated carbocycles.